The molecule has 0 atom stereocenters. The second-order valence-electron chi connectivity index (χ2n) is 11.2. The third-order valence-corrected chi connectivity index (χ3v) is 8.88. The molecule has 2 fully saturated rings. The van der Waals surface area contributed by atoms with Gasteiger partial charge in [0.2, 0.25) is 10.2 Å². The van der Waals surface area contributed by atoms with Crippen molar-refractivity contribution in [1.29, 1.82) is 0 Å². The van der Waals surface area contributed by atoms with Gasteiger partial charge in [-0.05, 0) is 61.5 Å². The zero-order valence-electron chi connectivity index (χ0n) is 23.6. The quantitative estimate of drug-likeness (QED) is 0.221. The van der Waals surface area contributed by atoms with Gasteiger partial charge in [0.05, 0.1) is 17.9 Å². The third-order valence-electron chi connectivity index (χ3n) is 8.25. The molecule has 3 aromatic carbocycles. The van der Waals surface area contributed by atoms with Gasteiger partial charge in [-0.2, -0.15) is 0 Å². The van der Waals surface area contributed by atoms with E-state index < -0.39 is 17.2 Å². The molecule has 1 saturated carbocycles. The van der Waals surface area contributed by atoms with Crippen LogP contribution in [0.15, 0.2) is 77.7 Å². The third kappa shape index (κ3) is 5.21. The van der Waals surface area contributed by atoms with Crippen molar-refractivity contribution >= 4 is 46.4 Å². The number of aromatic carboxylic acids is 1. The first kappa shape index (κ1) is 28.5. The average molecular weight is 631 g/mol. The van der Waals surface area contributed by atoms with E-state index in [4.69, 9.17) is 28.9 Å². The van der Waals surface area contributed by atoms with Crippen LogP contribution in [-0.2, 0) is 6.67 Å². The number of nitrogens with zero attached hydrogens (tertiary/aromatic N) is 6. The first-order chi connectivity index (χ1) is 21.3. The van der Waals surface area contributed by atoms with Crippen LogP contribution in [0.3, 0.4) is 0 Å². The molecule has 0 spiro atoms. The van der Waals surface area contributed by atoms with Crippen molar-refractivity contribution in [2.45, 2.75) is 25.6 Å². The SMILES string of the molecule is O=C(O)c1cn(C2CC2)c2cc(N3CCN(Cn4nc(-c5cccc(Cl)c5)n(-c5ccccc5)c4=S)CC3)c(F)cc2c1=O. The lowest BCUT2D eigenvalue weighted by molar-refractivity contribution is 0.0695. The molecule has 44 heavy (non-hydrogen) atoms. The van der Waals surface area contributed by atoms with Crippen LogP contribution in [0.1, 0.15) is 29.2 Å². The number of fused-ring (bicyclic) bond motifs is 1. The lowest BCUT2D eigenvalue weighted by atomic mass is 10.1. The van der Waals surface area contributed by atoms with Gasteiger partial charge in [-0.25, -0.2) is 13.9 Å². The Bertz CT molecular complexity index is 2030. The first-order valence-electron chi connectivity index (χ1n) is 14.4. The van der Waals surface area contributed by atoms with Crippen molar-refractivity contribution in [3.05, 3.63) is 104 Å². The number of hydrogen-bond acceptors (Lipinski definition) is 6. The summed E-state index contributed by atoms with van der Waals surface area (Å²) < 4.78 is 21.6. The Labute approximate surface area is 261 Å². The number of carboxylic acid groups (broad SMARTS) is 1. The van der Waals surface area contributed by atoms with E-state index in [0.717, 1.165) is 24.1 Å². The summed E-state index contributed by atoms with van der Waals surface area (Å²) in [5.41, 5.74) is 1.72. The molecule has 1 N–H and O–H groups in total. The van der Waals surface area contributed by atoms with Gasteiger partial charge in [-0.1, -0.05) is 41.9 Å². The van der Waals surface area contributed by atoms with Gasteiger partial charge in [0.1, 0.15) is 11.4 Å². The topological polar surface area (TPSA) is 88.5 Å². The molecular formula is C32H28ClFN6O3S. The Balaban J connectivity index is 1.15. The van der Waals surface area contributed by atoms with E-state index in [9.17, 15) is 14.7 Å². The van der Waals surface area contributed by atoms with E-state index in [2.05, 4.69) is 4.90 Å². The molecule has 3 heterocycles. The summed E-state index contributed by atoms with van der Waals surface area (Å²) in [6.07, 6.45) is 3.19. The molecule has 0 amide bonds. The molecule has 7 rings (SSSR count). The lowest BCUT2D eigenvalue weighted by Crippen LogP contribution is -2.47. The van der Waals surface area contributed by atoms with Gasteiger partial charge in [-0.3, -0.25) is 14.3 Å². The standard InChI is InChI=1S/C32H28ClFN6O3S/c33-21-6-4-5-20(15-21)30-35-39(32(44)40(30)23-7-2-1-3-8-23)19-36-11-13-37(14-12-36)28-17-27-24(16-26(28)34)29(41)25(31(42)43)18-38(27)22-9-10-22/h1-8,15-18,22H,9-14,19H2,(H,42,43). The van der Waals surface area contributed by atoms with Crippen LogP contribution in [0.25, 0.3) is 28.0 Å². The monoisotopic (exact) mass is 630 g/mol. The van der Waals surface area contributed by atoms with Crippen LogP contribution in [0, 0.1) is 10.6 Å². The predicted molar refractivity (Wildman–Crippen MR) is 170 cm³/mol. The molecule has 2 aliphatic rings. The zero-order chi connectivity index (χ0) is 30.5. The van der Waals surface area contributed by atoms with E-state index in [1.807, 2.05) is 68.6 Å². The molecule has 2 aromatic heterocycles. The normalized spacial score (nSPS) is 15.6. The number of benzene rings is 3. The fourth-order valence-electron chi connectivity index (χ4n) is 5.85. The maximum absolute atomic E-state index is 15.5. The molecule has 1 aliphatic carbocycles. The molecule has 1 aliphatic heterocycles. The number of para-hydroxylation sites is 1. The summed E-state index contributed by atoms with van der Waals surface area (Å²) in [4.78, 5) is 28.7. The summed E-state index contributed by atoms with van der Waals surface area (Å²) >= 11 is 12.2. The maximum Gasteiger partial charge on any atom is 0.341 e. The van der Waals surface area contributed by atoms with Gasteiger partial charge in [0.25, 0.3) is 0 Å². The van der Waals surface area contributed by atoms with E-state index in [0.29, 0.717) is 59.7 Å². The van der Waals surface area contributed by atoms with E-state index in [1.165, 1.54) is 12.3 Å². The average Bonchev–Trinajstić information content (AvgIpc) is 3.81. The second kappa shape index (κ2) is 11.3. The van der Waals surface area contributed by atoms with Crippen LogP contribution in [-0.4, -0.2) is 61.1 Å². The number of halogens is 2. The Morgan fingerprint density at radius 1 is 1.02 bits per heavy atom. The smallest absolute Gasteiger partial charge is 0.341 e. The molecule has 0 unspecified atom stereocenters. The fraction of sp³-hybridized carbons (Fsp3) is 0.250. The minimum Gasteiger partial charge on any atom is -0.477 e. The molecular weight excluding hydrogens is 603 g/mol. The van der Waals surface area contributed by atoms with Crippen LogP contribution in [0.5, 0.6) is 0 Å². The molecule has 9 nitrogen and oxygen atoms in total. The predicted octanol–water partition coefficient (Wildman–Crippen LogP) is 5.99. The highest BCUT2D eigenvalue weighted by Gasteiger charge is 2.29. The summed E-state index contributed by atoms with van der Waals surface area (Å²) in [7, 11) is 0. The van der Waals surface area contributed by atoms with Crippen molar-refractivity contribution in [2.24, 2.45) is 0 Å². The summed E-state index contributed by atoms with van der Waals surface area (Å²) in [5, 5.41) is 15.1. The summed E-state index contributed by atoms with van der Waals surface area (Å²) in [6.45, 7) is 2.84. The molecule has 1 saturated heterocycles. The minimum absolute atomic E-state index is 0.0931. The highest BCUT2D eigenvalue weighted by molar-refractivity contribution is 7.71. The Morgan fingerprint density at radius 2 is 1.77 bits per heavy atom. The van der Waals surface area contributed by atoms with Gasteiger partial charge in [-0.15, -0.1) is 5.10 Å². The molecule has 0 bridgehead atoms. The zero-order valence-corrected chi connectivity index (χ0v) is 25.1. The number of rotatable bonds is 7. The van der Waals surface area contributed by atoms with Gasteiger partial charge >= 0.3 is 5.97 Å². The van der Waals surface area contributed by atoms with E-state index in [-0.39, 0.29) is 17.0 Å². The number of hydrogen-bond donors (Lipinski definition) is 1. The largest absolute Gasteiger partial charge is 0.477 e. The molecule has 0 radical (unpaired) electrons. The highest BCUT2D eigenvalue weighted by atomic mass is 35.5. The van der Waals surface area contributed by atoms with Gasteiger partial charge < -0.3 is 14.6 Å². The first-order valence-corrected chi connectivity index (χ1v) is 15.2. The number of carbonyl (C=O) groups is 1. The second-order valence-corrected chi connectivity index (χ2v) is 12.0. The maximum atomic E-state index is 15.5. The number of pyridine rings is 1. The Morgan fingerprint density at radius 3 is 2.45 bits per heavy atom. The van der Waals surface area contributed by atoms with E-state index in [1.54, 1.807) is 10.7 Å². The van der Waals surface area contributed by atoms with Crippen molar-refractivity contribution in [3.63, 3.8) is 0 Å². The molecule has 12 heteroatoms. The number of anilines is 1. The van der Waals surface area contributed by atoms with Crippen molar-refractivity contribution < 1.29 is 14.3 Å². The molecule has 224 valence electrons. The lowest BCUT2D eigenvalue weighted by Gasteiger charge is -2.36. The summed E-state index contributed by atoms with van der Waals surface area (Å²) in [5.74, 6) is -1.16. The Kier molecular flexibility index (Phi) is 7.31. The van der Waals surface area contributed by atoms with Crippen LogP contribution < -0.4 is 10.3 Å². The number of carboxylic acids is 1. The van der Waals surface area contributed by atoms with Gasteiger partial charge in [0.15, 0.2) is 5.82 Å². The van der Waals surface area contributed by atoms with Gasteiger partial charge in [0, 0.05) is 60.1 Å². The van der Waals surface area contributed by atoms with Crippen LogP contribution in [0.4, 0.5) is 10.1 Å². The number of aromatic nitrogens is 4. The van der Waals surface area contributed by atoms with Crippen LogP contribution in [0.2, 0.25) is 5.02 Å². The van der Waals surface area contributed by atoms with Crippen molar-refractivity contribution in [3.8, 4) is 17.1 Å². The van der Waals surface area contributed by atoms with Crippen molar-refractivity contribution in [1.82, 2.24) is 23.8 Å². The minimum atomic E-state index is -1.31. The fourth-order valence-corrected chi connectivity index (χ4v) is 6.33. The van der Waals surface area contributed by atoms with Crippen molar-refractivity contribution in [2.75, 3.05) is 31.1 Å². The molecule has 5 aromatic rings. The summed E-state index contributed by atoms with van der Waals surface area (Å²) in [6, 6.07) is 20.4. The van der Waals surface area contributed by atoms with Crippen LogP contribution >= 0.6 is 23.8 Å². The van der Waals surface area contributed by atoms with E-state index >= 15 is 4.39 Å². The number of piperazine rings is 1. The Hall–Kier alpha value is -4.32. The highest BCUT2D eigenvalue weighted by Crippen LogP contribution is 2.38.